The van der Waals surface area contributed by atoms with Crippen LogP contribution in [0.1, 0.15) is 38.5 Å². The Morgan fingerprint density at radius 1 is 1.44 bits per heavy atom. The lowest BCUT2D eigenvalue weighted by Gasteiger charge is -2.42. The summed E-state index contributed by atoms with van der Waals surface area (Å²) >= 11 is 1.56. The maximum absolute atomic E-state index is 12.1. The van der Waals surface area contributed by atoms with Gasteiger partial charge in [0.2, 0.25) is 17.6 Å². The molecule has 146 valence electrons. The molecule has 1 aliphatic rings. The second-order valence-electron chi connectivity index (χ2n) is 6.69. The van der Waals surface area contributed by atoms with E-state index in [0.29, 0.717) is 37.5 Å². The number of aryl methyl sites for hydroxylation is 1. The van der Waals surface area contributed by atoms with Crippen LogP contribution in [0.15, 0.2) is 22.0 Å². The fraction of sp³-hybridized carbons (Fsp3) is 0.556. The van der Waals surface area contributed by atoms with Crippen LogP contribution < -0.4 is 5.32 Å². The average Bonchev–Trinajstić information content (AvgIpc) is 3.27. The van der Waals surface area contributed by atoms with E-state index in [1.165, 1.54) is 0 Å². The molecule has 0 aromatic carbocycles. The number of carbonyl (C=O) groups is 2. The van der Waals surface area contributed by atoms with Crippen LogP contribution >= 0.6 is 11.3 Å². The zero-order valence-corrected chi connectivity index (χ0v) is 16.1. The summed E-state index contributed by atoms with van der Waals surface area (Å²) in [6, 6.07) is 4.26. The Labute approximate surface area is 161 Å². The highest BCUT2D eigenvalue weighted by atomic mass is 32.1. The molecular formula is C18H24N4O4S. The first-order valence-corrected chi connectivity index (χ1v) is 10.0. The van der Waals surface area contributed by atoms with E-state index in [4.69, 9.17) is 9.63 Å². The van der Waals surface area contributed by atoms with E-state index in [9.17, 15) is 9.59 Å². The van der Waals surface area contributed by atoms with Gasteiger partial charge in [0.25, 0.3) is 0 Å². The van der Waals surface area contributed by atoms with E-state index < -0.39 is 5.97 Å². The molecule has 2 aromatic heterocycles. The molecule has 2 N–H and O–H groups in total. The third-order valence-electron chi connectivity index (χ3n) is 4.74. The largest absolute Gasteiger partial charge is 0.480 e. The zero-order chi connectivity index (χ0) is 19.2. The van der Waals surface area contributed by atoms with Gasteiger partial charge in [-0.15, -0.1) is 11.3 Å². The molecule has 27 heavy (non-hydrogen) atoms. The van der Waals surface area contributed by atoms with Crippen molar-refractivity contribution in [1.82, 2.24) is 20.4 Å². The van der Waals surface area contributed by atoms with Crippen LogP contribution in [0.5, 0.6) is 0 Å². The molecule has 0 spiro atoms. The van der Waals surface area contributed by atoms with Crippen LogP contribution in [0, 0.1) is 0 Å². The van der Waals surface area contributed by atoms with Crippen molar-refractivity contribution in [3.05, 3.63) is 23.4 Å². The molecule has 1 fully saturated rings. The van der Waals surface area contributed by atoms with Crippen LogP contribution in [-0.4, -0.2) is 57.2 Å². The van der Waals surface area contributed by atoms with Gasteiger partial charge in [0.15, 0.2) is 0 Å². The lowest BCUT2D eigenvalue weighted by Crippen LogP contribution is -2.54. The first-order chi connectivity index (χ1) is 13.0. The van der Waals surface area contributed by atoms with Gasteiger partial charge in [0.05, 0.1) is 11.4 Å². The summed E-state index contributed by atoms with van der Waals surface area (Å²) in [6.07, 6.45) is 3.24. The topological polar surface area (TPSA) is 109 Å². The van der Waals surface area contributed by atoms with Gasteiger partial charge in [-0.1, -0.05) is 18.1 Å². The van der Waals surface area contributed by atoms with Crippen LogP contribution in [0.2, 0.25) is 0 Å². The Balaban J connectivity index is 1.33. The van der Waals surface area contributed by atoms with Crippen molar-refractivity contribution in [2.45, 2.75) is 51.1 Å². The highest BCUT2D eigenvalue weighted by Gasteiger charge is 2.34. The molecule has 1 aliphatic carbocycles. The Bertz CT molecular complexity index is 755. The first kappa shape index (κ1) is 19.5. The smallest absolute Gasteiger partial charge is 0.317 e. The molecule has 1 amide bonds. The number of aromatic nitrogens is 2. The molecule has 0 atom stereocenters. The van der Waals surface area contributed by atoms with E-state index in [1.54, 1.807) is 11.3 Å². The van der Waals surface area contributed by atoms with Gasteiger partial charge in [-0.3, -0.25) is 14.5 Å². The number of aliphatic carboxylic acids is 1. The van der Waals surface area contributed by atoms with Crippen molar-refractivity contribution in [1.29, 1.82) is 0 Å². The Hall–Kier alpha value is -2.26. The summed E-state index contributed by atoms with van der Waals surface area (Å²) in [6.45, 7) is 2.71. The van der Waals surface area contributed by atoms with Crippen molar-refractivity contribution in [3.8, 4) is 10.7 Å². The molecule has 0 unspecified atom stereocenters. The molecule has 0 radical (unpaired) electrons. The van der Waals surface area contributed by atoms with E-state index >= 15 is 0 Å². The molecule has 9 heteroatoms. The number of carboxylic acid groups (broad SMARTS) is 1. The van der Waals surface area contributed by atoms with Crippen molar-refractivity contribution in [3.63, 3.8) is 0 Å². The number of amides is 1. The number of hydrogen-bond acceptors (Lipinski definition) is 7. The zero-order valence-electron chi connectivity index (χ0n) is 15.3. The van der Waals surface area contributed by atoms with Crippen molar-refractivity contribution < 1.29 is 19.2 Å². The lowest BCUT2D eigenvalue weighted by molar-refractivity contribution is -0.139. The summed E-state index contributed by atoms with van der Waals surface area (Å²) in [7, 11) is 0. The number of nitrogens with zero attached hydrogens (tertiary/aromatic N) is 3. The molecule has 3 rings (SSSR count). The number of rotatable bonds is 10. The fourth-order valence-corrected chi connectivity index (χ4v) is 3.89. The number of thiophene rings is 1. The number of nitrogens with one attached hydrogen (secondary N) is 1. The minimum atomic E-state index is -0.812. The number of likely N-dealkylation sites (N-methyl/N-ethyl adjacent to an activating group) is 1. The monoisotopic (exact) mass is 392 g/mol. The predicted octanol–water partition coefficient (Wildman–Crippen LogP) is 2.17. The fourth-order valence-electron chi connectivity index (χ4n) is 3.24. The summed E-state index contributed by atoms with van der Waals surface area (Å²) in [5.74, 6) is 0.333. The minimum Gasteiger partial charge on any atom is -0.480 e. The van der Waals surface area contributed by atoms with Crippen LogP contribution in [0.3, 0.4) is 0 Å². The van der Waals surface area contributed by atoms with Gasteiger partial charge < -0.3 is 14.9 Å². The molecule has 2 heterocycles. The predicted molar refractivity (Wildman–Crippen MR) is 100 cm³/mol. The maximum atomic E-state index is 12.1. The first-order valence-electron chi connectivity index (χ1n) is 9.16. The Kier molecular flexibility index (Phi) is 6.57. The van der Waals surface area contributed by atoms with Gasteiger partial charge in [-0.05, 0) is 37.3 Å². The van der Waals surface area contributed by atoms with E-state index in [-0.39, 0.29) is 24.5 Å². The van der Waals surface area contributed by atoms with Gasteiger partial charge in [0, 0.05) is 24.9 Å². The van der Waals surface area contributed by atoms with Crippen molar-refractivity contribution in [2.24, 2.45) is 0 Å². The molecule has 1 saturated carbocycles. The Morgan fingerprint density at radius 3 is 2.93 bits per heavy atom. The quantitative estimate of drug-likeness (QED) is 0.638. The van der Waals surface area contributed by atoms with Crippen LogP contribution in [0.25, 0.3) is 10.7 Å². The molecular weight excluding hydrogens is 368 g/mol. The summed E-state index contributed by atoms with van der Waals surface area (Å²) in [5, 5.41) is 17.8. The van der Waals surface area contributed by atoms with Gasteiger partial charge >= 0.3 is 5.97 Å². The van der Waals surface area contributed by atoms with Gasteiger partial charge in [-0.25, -0.2) is 0 Å². The molecule has 0 bridgehead atoms. The molecule has 2 aromatic rings. The number of carbonyl (C=O) groups excluding carboxylic acids is 1. The highest BCUT2D eigenvalue weighted by Crippen LogP contribution is 2.26. The third kappa shape index (κ3) is 5.36. The summed E-state index contributed by atoms with van der Waals surface area (Å²) in [5.41, 5.74) is 0. The summed E-state index contributed by atoms with van der Waals surface area (Å²) in [4.78, 5) is 30.2. The van der Waals surface area contributed by atoms with E-state index in [1.807, 2.05) is 29.3 Å². The normalized spacial score (nSPS) is 19.0. The number of hydrogen-bond donors (Lipinski definition) is 2. The molecule has 0 saturated heterocycles. The maximum Gasteiger partial charge on any atom is 0.317 e. The van der Waals surface area contributed by atoms with Crippen molar-refractivity contribution >= 4 is 23.2 Å². The third-order valence-corrected chi connectivity index (χ3v) is 5.61. The van der Waals surface area contributed by atoms with E-state index in [2.05, 4.69) is 15.5 Å². The molecule has 8 nitrogen and oxygen atoms in total. The van der Waals surface area contributed by atoms with Gasteiger partial charge in [-0.2, -0.15) is 4.98 Å². The summed E-state index contributed by atoms with van der Waals surface area (Å²) < 4.78 is 5.23. The standard InChI is InChI=1S/C18H24N4O4S/c1-2-22(11-17(24)25)13-9-12(10-13)19-15(23)6-3-7-16-20-18(21-26-16)14-5-4-8-27-14/h4-5,8,12-13H,2-3,6-7,9-11H2,1H3,(H,19,23)(H,24,25). The van der Waals surface area contributed by atoms with Crippen LogP contribution in [0.4, 0.5) is 0 Å². The van der Waals surface area contributed by atoms with E-state index in [0.717, 1.165) is 17.7 Å². The average molecular weight is 392 g/mol. The second kappa shape index (κ2) is 9.09. The van der Waals surface area contributed by atoms with Crippen molar-refractivity contribution in [2.75, 3.05) is 13.1 Å². The lowest BCUT2D eigenvalue weighted by atomic mass is 9.85. The highest BCUT2D eigenvalue weighted by molar-refractivity contribution is 7.13. The SMILES string of the molecule is CCN(CC(=O)O)C1CC(NC(=O)CCCc2nc(-c3cccs3)no2)C1. The van der Waals surface area contributed by atoms with Crippen LogP contribution in [-0.2, 0) is 16.0 Å². The molecule has 0 aliphatic heterocycles. The second-order valence-corrected chi connectivity index (χ2v) is 7.64. The Morgan fingerprint density at radius 2 is 2.26 bits per heavy atom. The minimum absolute atomic E-state index is 0.0118. The van der Waals surface area contributed by atoms with Gasteiger partial charge in [0.1, 0.15) is 0 Å². The number of carboxylic acids is 1.